The van der Waals surface area contributed by atoms with E-state index in [0.29, 0.717) is 22.2 Å². The van der Waals surface area contributed by atoms with Gasteiger partial charge in [-0.05, 0) is 37.3 Å². The molecule has 0 unspecified atom stereocenters. The van der Waals surface area contributed by atoms with E-state index in [1.165, 1.54) is 6.07 Å². The molecule has 3 nitrogen and oxygen atoms in total. The Morgan fingerprint density at radius 1 is 1.44 bits per heavy atom. The second-order valence-corrected chi connectivity index (χ2v) is 4.19. The lowest BCUT2D eigenvalue weighted by molar-refractivity contribution is 0.0977. The van der Waals surface area contributed by atoms with E-state index in [-0.39, 0.29) is 11.0 Å². The highest BCUT2D eigenvalue weighted by Crippen LogP contribution is 2.20. The summed E-state index contributed by atoms with van der Waals surface area (Å²) in [6.45, 7) is 2.53. The number of hydrogen-bond donors (Lipinski definition) is 2. The first kappa shape index (κ1) is 13.2. The maximum Gasteiger partial charge on any atom is 0.258 e. The van der Waals surface area contributed by atoms with Gasteiger partial charge in [-0.2, -0.15) is 0 Å². The third-order valence-corrected chi connectivity index (χ3v) is 2.53. The predicted octanol–water partition coefficient (Wildman–Crippen LogP) is 2.62. The summed E-state index contributed by atoms with van der Waals surface area (Å²) in [6, 6.07) is 4.65. The van der Waals surface area contributed by atoms with E-state index < -0.39 is 0 Å². The number of rotatable bonds is 2. The molecule has 0 radical (unpaired) electrons. The molecule has 0 aliphatic carbocycles. The van der Waals surface area contributed by atoms with Crippen molar-refractivity contribution in [1.29, 1.82) is 0 Å². The number of benzene rings is 1. The smallest absolute Gasteiger partial charge is 0.258 e. The highest BCUT2D eigenvalue weighted by Gasteiger charge is 2.11. The Balaban J connectivity index is 2.77. The summed E-state index contributed by atoms with van der Waals surface area (Å²) < 4.78 is 0. The molecule has 0 fully saturated rings. The molecule has 1 aromatic carbocycles. The molecule has 0 atom stereocenters. The predicted molar refractivity (Wildman–Crippen MR) is 70.2 cm³/mol. The summed E-state index contributed by atoms with van der Waals surface area (Å²) in [5.74, 6) is -0.354. The number of halogens is 2. The molecule has 0 aromatic heterocycles. The monoisotopic (exact) mass is 276 g/mol. The topological polar surface area (TPSA) is 41.1 Å². The quantitative estimate of drug-likeness (QED) is 0.816. The van der Waals surface area contributed by atoms with Crippen LogP contribution in [-0.2, 0) is 0 Å². The number of thiocarbonyl (C=S) groups is 1. The van der Waals surface area contributed by atoms with Gasteiger partial charge in [-0.3, -0.25) is 10.1 Å². The maximum absolute atomic E-state index is 11.7. The highest BCUT2D eigenvalue weighted by molar-refractivity contribution is 7.80. The molecule has 1 aromatic rings. The van der Waals surface area contributed by atoms with E-state index in [2.05, 4.69) is 10.6 Å². The van der Waals surface area contributed by atoms with Crippen LogP contribution in [0.4, 0.5) is 0 Å². The zero-order chi connectivity index (χ0) is 12.1. The molecule has 0 aliphatic heterocycles. The van der Waals surface area contributed by atoms with E-state index in [4.69, 9.17) is 35.4 Å². The lowest BCUT2D eigenvalue weighted by atomic mass is 10.2. The molecule has 0 spiro atoms. The fraction of sp³-hybridized carbons (Fsp3) is 0.200. The summed E-state index contributed by atoms with van der Waals surface area (Å²) in [7, 11) is 0. The minimum atomic E-state index is -0.354. The zero-order valence-electron chi connectivity index (χ0n) is 8.51. The SMILES string of the molecule is CCNC(=S)NC(=O)c1ccc(Cl)cc1Cl. The van der Waals surface area contributed by atoms with Gasteiger partial charge in [0.1, 0.15) is 0 Å². The van der Waals surface area contributed by atoms with Gasteiger partial charge in [0.05, 0.1) is 10.6 Å². The fourth-order valence-electron chi connectivity index (χ4n) is 1.05. The van der Waals surface area contributed by atoms with Gasteiger partial charge in [-0.15, -0.1) is 0 Å². The lowest BCUT2D eigenvalue weighted by Gasteiger charge is -2.08. The standard InChI is InChI=1S/C10H10Cl2N2OS/c1-2-13-10(16)14-9(15)7-4-3-6(11)5-8(7)12/h3-5H,2H2,1H3,(H2,13,14,15,16). The molecular formula is C10H10Cl2N2OS. The Kier molecular flexibility index (Phi) is 4.99. The van der Waals surface area contributed by atoms with Crippen LogP contribution < -0.4 is 10.6 Å². The summed E-state index contributed by atoms with van der Waals surface area (Å²) in [6.07, 6.45) is 0. The van der Waals surface area contributed by atoms with Crippen LogP contribution >= 0.6 is 35.4 Å². The highest BCUT2D eigenvalue weighted by atomic mass is 35.5. The largest absolute Gasteiger partial charge is 0.363 e. The van der Waals surface area contributed by atoms with E-state index in [1.807, 2.05) is 6.92 Å². The van der Waals surface area contributed by atoms with Gasteiger partial charge in [0.2, 0.25) is 0 Å². The maximum atomic E-state index is 11.7. The van der Waals surface area contributed by atoms with Gasteiger partial charge in [0, 0.05) is 11.6 Å². The Labute approximate surface area is 109 Å². The van der Waals surface area contributed by atoms with Crippen LogP contribution in [0.2, 0.25) is 10.0 Å². The molecule has 0 bridgehead atoms. The molecule has 1 rings (SSSR count). The second kappa shape index (κ2) is 6.03. The van der Waals surface area contributed by atoms with Crippen molar-refractivity contribution in [2.45, 2.75) is 6.92 Å². The summed E-state index contributed by atoms with van der Waals surface area (Å²) >= 11 is 16.5. The number of nitrogens with one attached hydrogen (secondary N) is 2. The van der Waals surface area contributed by atoms with Crippen LogP contribution in [0.3, 0.4) is 0 Å². The van der Waals surface area contributed by atoms with Gasteiger partial charge >= 0.3 is 0 Å². The first-order valence-electron chi connectivity index (χ1n) is 4.58. The Morgan fingerprint density at radius 3 is 2.69 bits per heavy atom. The van der Waals surface area contributed by atoms with E-state index >= 15 is 0 Å². The fourth-order valence-corrected chi connectivity index (χ4v) is 1.78. The first-order chi connectivity index (χ1) is 7.54. The van der Waals surface area contributed by atoms with E-state index in [9.17, 15) is 4.79 Å². The third-order valence-electron chi connectivity index (χ3n) is 1.74. The van der Waals surface area contributed by atoms with Crippen molar-refractivity contribution in [3.63, 3.8) is 0 Å². The minimum Gasteiger partial charge on any atom is -0.363 e. The molecular weight excluding hydrogens is 267 g/mol. The summed E-state index contributed by atoms with van der Waals surface area (Å²) in [5, 5.41) is 6.37. The molecule has 0 heterocycles. The third kappa shape index (κ3) is 3.63. The number of hydrogen-bond acceptors (Lipinski definition) is 2. The Morgan fingerprint density at radius 2 is 2.12 bits per heavy atom. The molecule has 16 heavy (non-hydrogen) atoms. The number of carbonyl (C=O) groups excluding carboxylic acids is 1. The van der Waals surface area contributed by atoms with Crippen LogP contribution in [0.25, 0.3) is 0 Å². The van der Waals surface area contributed by atoms with Crippen LogP contribution in [0.1, 0.15) is 17.3 Å². The van der Waals surface area contributed by atoms with Crippen LogP contribution in [0, 0.1) is 0 Å². The van der Waals surface area contributed by atoms with Crippen LogP contribution in [0.15, 0.2) is 18.2 Å². The van der Waals surface area contributed by atoms with Crippen molar-refractivity contribution in [1.82, 2.24) is 10.6 Å². The van der Waals surface area contributed by atoms with Gasteiger partial charge in [-0.1, -0.05) is 23.2 Å². The van der Waals surface area contributed by atoms with Gasteiger partial charge < -0.3 is 5.32 Å². The molecule has 0 saturated heterocycles. The van der Waals surface area contributed by atoms with Crippen molar-refractivity contribution in [2.75, 3.05) is 6.54 Å². The van der Waals surface area contributed by atoms with E-state index in [0.717, 1.165) is 0 Å². The van der Waals surface area contributed by atoms with Crippen LogP contribution in [-0.4, -0.2) is 17.6 Å². The van der Waals surface area contributed by atoms with Crippen molar-refractivity contribution < 1.29 is 4.79 Å². The molecule has 0 aliphatic rings. The summed E-state index contributed by atoms with van der Waals surface area (Å²) in [4.78, 5) is 11.7. The first-order valence-corrected chi connectivity index (χ1v) is 5.75. The number of amides is 1. The second-order valence-electron chi connectivity index (χ2n) is 2.94. The average molecular weight is 277 g/mol. The van der Waals surface area contributed by atoms with Crippen molar-refractivity contribution in [3.8, 4) is 0 Å². The Bertz CT molecular complexity index is 423. The van der Waals surface area contributed by atoms with Gasteiger partial charge in [-0.25, -0.2) is 0 Å². The number of carbonyl (C=O) groups is 1. The van der Waals surface area contributed by atoms with Crippen LogP contribution in [0.5, 0.6) is 0 Å². The average Bonchev–Trinajstić information content (AvgIpc) is 2.17. The molecule has 2 N–H and O–H groups in total. The Hall–Kier alpha value is -0.840. The molecule has 1 amide bonds. The van der Waals surface area contributed by atoms with Crippen molar-refractivity contribution >= 4 is 46.4 Å². The molecule has 86 valence electrons. The molecule has 6 heteroatoms. The van der Waals surface area contributed by atoms with Gasteiger partial charge in [0.25, 0.3) is 5.91 Å². The summed E-state index contributed by atoms with van der Waals surface area (Å²) in [5.41, 5.74) is 0.339. The van der Waals surface area contributed by atoms with E-state index in [1.54, 1.807) is 12.1 Å². The molecule has 0 saturated carbocycles. The van der Waals surface area contributed by atoms with Crippen molar-refractivity contribution in [3.05, 3.63) is 33.8 Å². The lowest BCUT2D eigenvalue weighted by Crippen LogP contribution is -2.39. The van der Waals surface area contributed by atoms with Crippen molar-refractivity contribution in [2.24, 2.45) is 0 Å². The van der Waals surface area contributed by atoms with Gasteiger partial charge in [0.15, 0.2) is 5.11 Å². The minimum absolute atomic E-state index is 0.276. The zero-order valence-corrected chi connectivity index (χ0v) is 10.8. The normalized spacial score (nSPS) is 9.69.